The van der Waals surface area contributed by atoms with Crippen LogP contribution in [0.4, 0.5) is 0 Å². The fourth-order valence-electron chi connectivity index (χ4n) is 4.74. The molecular weight excluding hydrogens is 368 g/mol. The van der Waals surface area contributed by atoms with Crippen LogP contribution in [0.1, 0.15) is 51.1 Å². The number of ether oxygens (including phenoxy) is 1. The number of likely N-dealkylation sites (tertiary alicyclic amines) is 1. The number of nitrogens with one attached hydrogen (secondary N) is 1. The molecule has 2 aromatic carbocycles. The molecule has 1 saturated carbocycles. The summed E-state index contributed by atoms with van der Waals surface area (Å²) in [5.74, 6) is -0.362. The molecule has 0 bridgehead atoms. The molecule has 0 unspecified atom stereocenters. The third-order valence-corrected chi connectivity index (χ3v) is 6.53. The quantitative estimate of drug-likeness (QED) is 0.817. The van der Waals surface area contributed by atoms with Crippen molar-refractivity contribution in [1.29, 1.82) is 0 Å². The largest absolute Gasteiger partial charge is 0.449 e. The topological polar surface area (TPSA) is 75.7 Å². The van der Waals surface area contributed by atoms with Crippen LogP contribution in [-0.2, 0) is 20.5 Å². The summed E-state index contributed by atoms with van der Waals surface area (Å²) in [5, 5.41) is 2.61. The molecule has 29 heavy (non-hydrogen) atoms. The van der Waals surface area contributed by atoms with Crippen LogP contribution in [0.2, 0.25) is 0 Å². The molecule has 3 aliphatic rings. The lowest BCUT2D eigenvalue weighted by Crippen LogP contribution is -2.40. The van der Waals surface area contributed by atoms with Gasteiger partial charge in [0.15, 0.2) is 5.60 Å². The zero-order chi connectivity index (χ0) is 20.2. The van der Waals surface area contributed by atoms with E-state index in [1.54, 1.807) is 25.2 Å². The fourth-order valence-corrected chi connectivity index (χ4v) is 4.74. The molecule has 1 aliphatic carbocycles. The van der Waals surface area contributed by atoms with E-state index < -0.39 is 11.0 Å². The molecule has 1 saturated heterocycles. The van der Waals surface area contributed by atoms with Crippen LogP contribution in [-0.4, -0.2) is 42.8 Å². The maximum absolute atomic E-state index is 13.4. The van der Waals surface area contributed by atoms with Gasteiger partial charge in [-0.15, -0.1) is 0 Å². The van der Waals surface area contributed by atoms with Gasteiger partial charge in [0.1, 0.15) is 0 Å². The van der Waals surface area contributed by atoms with Gasteiger partial charge < -0.3 is 15.0 Å². The highest BCUT2D eigenvalue weighted by molar-refractivity contribution is 5.96. The summed E-state index contributed by atoms with van der Waals surface area (Å²) >= 11 is 0. The first-order valence-electron chi connectivity index (χ1n) is 9.94. The first kappa shape index (κ1) is 17.9. The van der Waals surface area contributed by atoms with E-state index in [2.05, 4.69) is 5.32 Å². The molecule has 2 heterocycles. The molecule has 1 spiro atoms. The Hall–Kier alpha value is -3.15. The Morgan fingerprint density at radius 1 is 1.03 bits per heavy atom. The third kappa shape index (κ3) is 2.58. The number of carbonyl (C=O) groups is 3. The van der Waals surface area contributed by atoms with E-state index in [1.807, 2.05) is 35.2 Å². The van der Waals surface area contributed by atoms with Gasteiger partial charge in [0.25, 0.3) is 5.91 Å². The number of rotatable bonds is 3. The number of esters is 1. The van der Waals surface area contributed by atoms with Crippen LogP contribution in [0.15, 0.2) is 48.5 Å². The highest BCUT2D eigenvalue weighted by Gasteiger charge is 2.57. The van der Waals surface area contributed by atoms with E-state index in [1.165, 1.54) is 0 Å². The Morgan fingerprint density at radius 2 is 1.76 bits per heavy atom. The van der Waals surface area contributed by atoms with Crippen molar-refractivity contribution in [1.82, 2.24) is 10.2 Å². The maximum atomic E-state index is 13.4. The van der Waals surface area contributed by atoms with Gasteiger partial charge in [0, 0.05) is 31.1 Å². The summed E-state index contributed by atoms with van der Waals surface area (Å²) in [5.41, 5.74) is 1.78. The van der Waals surface area contributed by atoms with Crippen molar-refractivity contribution < 1.29 is 19.1 Å². The van der Waals surface area contributed by atoms with Crippen molar-refractivity contribution in [3.63, 3.8) is 0 Å². The van der Waals surface area contributed by atoms with Crippen molar-refractivity contribution in [2.45, 2.75) is 30.3 Å². The zero-order valence-corrected chi connectivity index (χ0v) is 16.2. The van der Waals surface area contributed by atoms with Crippen LogP contribution in [0.5, 0.6) is 0 Å². The molecule has 6 heteroatoms. The van der Waals surface area contributed by atoms with Gasteiger partial charge in [-0.25, -0.2) is 4.79 Å². The third-order valence-electron chi connectivity index (χ3n) is 6.53. The maximum Gasteiger partial charge on any atom is 0.339 e. The van der Waals surface area contributed by atoms with Gasteiger partial charge in [-0.05, 0) is 36.6 Å². The van der Waals surface area contributed by atoms with Gasteiger partial charge >= 0.3 is 5.97 Å². The number of hydrogen-bond donors (Lipinski definition) is 1. The monoisotopic (exact) mass is 390 g/mol. The van der Waals surface area contributed by atoms with Crippen LogP contribution < -0.4 is 5.32 Å². The second-order valence-electron chi connectivity index (χ2n) is 8.14. The Balaban J connectivity index is 1.38. The van der Waals surface area contributed by atoms with Crippen molar-refractivity contribution in [3.8, 4) is 0 Å². The van der Waals surface area contributed by atoms with Crippen molar-refractivity contribution >= 4 is 17.8 Å². The Kier molecular flexibility index (Phi) is 3.81. The number of fused-ring (bicyclic) bond motifs is 2. The Bertz CT molecular complexity index is 1030. The lowest BCUT2D eigenvalue weighted by Gasteiger charge is -2.27. The number of benzene rings is 2. The second kappa shape index (κ2) is 6.17. The van der Waals surface area contributed by atoms with E-state index >= 15 is 0 Å². The molecule has 6 nitrogen and oxygen atoms in total. The van der Waals surface area contributed by atoms with Gasteiger partial charge in [-0.1, -0.05) is 30.3 Å². The normalized spacial score (nSPS) is 23.6. The van der Waals surface area contributed by atoms with E-state index in [9.17, 15) is 14.4 Å². The van der Waals surface area contributed by atoms with Crippen LogP contribution in [0.3, 0.4) is 0 Å². The lowest BCUT2D eigenvalue weighted by atomic mass is 9.91. The molecule has 148 valence electrons. The van der Waals surface area contributed by atoms with E-state index in [0.717, 1.165) is 24.0 Å². The fraction of sp³-hybridized carbons (Fsp3) is 0.348. The number of hydrogen-bond acceptors (Lipinski definition) is 4. The average Bonchev–Trinajstić information content (AvgIpc) is 3.39. The summed E-state index contributed by atoms with van der Waals surface area (Å²) in [6, 6.07) is 14.7. The predicted octanol–water partition coefficient (Wildman–Crippen LogP) is 2.38. The van der Waals surface area contributed by atoms with Crippen molar-refractivity contribution in [3.05, 3.63) is 70.8 Å². The summed E-state index contributed by atoms with van der Waals surface area (Å²) in [4.78, 5) is 39.4. The van der Waals surface area contributed by atoms with E-state index in [4.69, 9.17) is 4.74 Å². The van der Waals surface area contributed by atoms with Crippen LogP contribution in [0, 0.1) is 0 Å². The predicted molar refractivity (Wildman–Crippen MR) is 105 cm³/mol. The van der Waals surface area contributed by atoms with E-state index in [-0.39, 0.29) is 17.8 Å². The average molecular weight is 390 g/mol. The van der Waals surface area contributed by atoms with Crippen molar-refractivity contribution in [2.75, 3.05) is 20.1 Å². The van der Waals surface area contributed by atoms with Crippen molar-refractivity contribution in [2.24, 2.45) is 0 Å². The summed E-state index contributed by atoms with van der Waals surface area (Å²) in [7, 11) is 1.60. The molecule has 5 rings (SSSR count). The molecule has 2 amide bonds. The smallest absolute Gasteiger partial charge is 0.339 e. The van der Waals surface area contributed by atoms with E-state index in [0.29, 0.717) is 30.6 Å². The SMILES string of the molecule is CNC(=O)c1ccc(C2(C(=O)N3CC[C@@]4(C3)OC(=O)c3ccccc34)CC2)cc1. The minimum atomic E-state index is -0.720. The molecule has 0 aromatic heterocycles. The van der Waals surface area contributed by atoms with Gasteiger partial charge in [-0.3, -0.25) is 9.59 Å². The van der Waals surface area contributed by atoms with Gasteiger partial charge in [0.2, 0.25) is 5.91 Å². The molecular formula is C23H22N2O4. The Labute approximate surface area is 168 Å². The zero-order valence-electron chi connectivity index (χ0n) is 16.2. The van der Waals surface area contributed by atoms with Gasteiger partial charge in [0.05, 0.1) is 17.5 Å². The van der Waals surface area contributed by atoms with Crippen LogP contribution in [0.25, 0.3) is 0 Å². The minimum absolute atomic E-state index is 0.0856. The molecule has 1 N–H and O–H groups in total. The summed E-state index contributed by atoms with van der Waals surface area (Å²) in [6.45, 7) is 0.963. The highest BCUT2D eigenvalue weighted by atomic mass is 16.6. The van der Waals surface area contributed by atoms with Crippen LogP contribution >= 0.6 is 0 Å². The number of nitrogens with zero attached hydrogens (tertiary/aromatic N) is 1. The molecule has 2 aliphatic heterocycles. The first-order chi connectivity index (χ1) is 14.0. The molecule has 0 radical (unpaired) electrons. The molecule has 2 aromatic rings. The summed E-state index contributed by atoms with van der Waals surface area (Å²) < 4.78 is 5.78. The molecule has 2 fully saturated rings. The Morgan fingerprint density at radius 3 is 2.45 bits per heavy atom. The molecule has 1 atom stereocenters. The standard InChI is InChI=1S/C23H22N2O4/c1-24-19(26)15-6-8-16(9-7-15)22(10-11-22)21(28)25-13-12-23(14-25)18-5-3-2-4-17(18)20(27)29-23/h2-9H,10-14H2,1H3,(H,24,26)/t23-/m0/s1. The van der Waals surface area contributed by atoms with Gasteiger partial charge in [-0.2, -0.15) is 0 Å². The highest BCUT2D eigenvalue weighted by Crippen LogP contribution is 2.52. The first-order valence-corrected chi connectivity index (χ1v) is 9.94. The number of carbonyl (C=O) groups excluding carboxylic acids is 3. The minimum Gasteiger partial charge on any atom is -0.449 e. The second-order valence-corrected chi connectivity index (χ2v) is 8.14. The summed E-state index contributed by atoms with van der Waals surface area (Å²) in [6.07, 6.45) is 2.21. The lowest BCUT2D eigenvalue weighted by molar-refractivity contribution is -0.134. The number of amides is 2.